The fourth-order valence-corrected chi connectivity index (χ4v) is 5.41. The number of thioether (sulfide) groups is 1. The molecule has 156 valence electrons. The van der Waals surface area contributed by atoms with Gasteiger partial charge in [0, 0.05) is 22.2 Å². The van der Waals surface area contributed by atoms with E-state index in [2.05, 4.69) is 28.9 Å². The first-order valence-corrected chi connectivity index (χ1v) is 12.4. The SMILES string of the molecule is O=C(CN1C(=O)CC1SCc1cccs1)NCCCCCCc1ccc(Cl)cc1. The Kier molecular flexibility index (Phi) is 8.90. The van der Waals surface area contributed by atoms with Gasteiger partial charge in [0.1, 0.15) is 6.54 Å². The molecule has 29 heavy (non-hydrogen) atoms. The van der Waals surface area contributed by atoms with Gasteiger partial charge in [0.2, 0.25) is 11.8 Å². The van der Waals surface area contributed by atoms with E-state index in [9.17, 15) is 9.59 Å². The number of benzene rings is 1. The smallest absolute Gasteiger partial charge is 0.239 e. The van der Waals surface area contributed by atoms with Gasteiger partial charge < -0.3 is 10.2 Å². The minimum absolute atomic E-state index is 0.0547. The summed E-state index contributed by atoms with van der Waals surface area (Å²) in [6.07, 6.45) is 5.94. The number of thiophene rings is 1. The third-order valence-corrected chi connectivity index (χ3v) is 7.55. The van der Waals surface area contributed by atoms with Crippen LogP contribution in [0.5, 0.6) is 0 Å². The molecule has 1 saturated heterocycles. The first kappa shape index (κ1) is 22.2. The third kappa shape index (κ3) is 7.36. The maximum absolute atomic E-state index is 12.1. The predicted octanol–water partition coefficient (Wildman–Crippen LogP) is 5.11. The highest BCUT2D eigenvalue weighted by molar-refractivity contribution is 7.99. The zero-order chi connectivity index (χ0) is 20.5. The Morgan fingerprint density at radius 3 is 2.69 bits per heavy atom. The molecule has 1 aliphatic rings. The van der Waals surface area contributed by atoms with E-state index in [1.54, 1.807) is 28.0 Å². The Balaban J connectivity index is 1.23. The molecule has 1 N–H and O–H groups in total. The van der Waals surface area contributed by atoms with Crippen molar-refractivity contribution >= 4 is 46.5 Å². The van der Waals surface area contributed by atoms with Gasteiger partial charge in [-0.15, -0.1) is 23.1 Å². The lowest BCUT2D eigenvalue weighted by molar-refractivity contribution is -0.145. The second-order valence-corrected chi connectivity index (χ2v) is 9.85. The van der Waals surface area contributed by atoms with E-state index in [-0.39, 0.29) is 23.7 Å². The zero-order valence-electron chi connectivity index (χ0n) is 16.4. The molecule has 0 radical (unpaired) electrons. The van der Waals surface area contributed by atoms with Gasteiger partial charge in [0.25, 0.3) is 0 Å². The third-order valence-electron chi connectivity index (χ3n) is 4.96. The van der Waals surface area contributed by atoms with Crippen LogP contribution in [0, 0.1) is 0 Å². The molecule has 1 aromatic carbocycles. The van der Waals surface area contributed by atoms with E-state index in [0.29, 0.717) is 13.0 Å². The number of halogens is 1. The number of nitrogens with one attached hydrogen (secondary N) is 1. The standard InChI is InChI=1S/C22H27ClN2O2S2/c23-18-10-8-17(9-11-18)6-3-1-2-4-12-24-20(26)15-25-21(27)14-22(25)29-16-19-7-5-13-28-19/h5,7-11,13,22H,1-4,6,12,14-16H2,(H,24,26). The van der Waals surface area contributed by atoms with Crippen LogP contribution in [-0.2, 0) is 21.8 Å². The molecule has 7 heteroatoms. The number of β-lactam (4-membered cyclic amide) rings is 1. The summed E-state index contributed by atoms with van der Waals surface area (Å²) in [7, 11) is 0. The van der Waals surface area contributed by atoms with Gasteiger partial charge in [-0.1, -0.05) is 42.6 Å². The molecule has 1 unspecified atom stereocenters. The summed E-state index contributed by atoms with van der Waals surface area (Å²) in [5.74, 6) is 0.913. The molecule has 4 nitrogen and oxygen atoms in total. The van der Waals surface area contributed by atoms with Crippen LogP contribution < -0.4 is 5.32 Å². The molecule has 2 amide bonds. The van der Waals surface area contributed by atoms with Crippen LogP contribution in [0.1, 0.15) is 42.5 Å². The highest BCUT2D eigenvalue weighted by Crippen LogP contribution is 2.32. The van der Waals surface area contributed by atoms with Crippen molar-refractivity contribution in [3.63, 3.8) is 0 Å². The maximum atomic E-state index is 12.1. The molecule has 0 aliphatic carbocycles. The minimum Gasteiger partial charge on any atom is -0.355 e. The van der Waals surface area contributed by atoms with Crippen LogP contribution in [0.25, 0.3) is 0 Å². The lowest BCUT2D eigenvalue weighted by atomic mass is 10.1. The number of aryl methyl sites for hydroxylation is 1. The second-order valence-electron chi connectivity index (χ2n) is 7.21. The number of hydrogen-bond donors (Lipinski definition) is 1. The normalized spacial score (nSPS) is 16.0. The van der Waals surface area contributed by atoms with Crippen molar-refractivity contribution in [1.29, 1.82) is 0 Å². The van der Waals surface area contributed by atoms with Gasteiger partial charge in [-0.2, -0.15) is 0 Å². The maximum Gasteiger partial charge on any atom is 0.239 e. The van der Waals surface area contributed by atoms with Crippen LogP contribution in [0.2, 0.25) is 5.02 Å². The Morgan fingerprint density at radius 2 is 1.97 bits per heavy atom. The lowest BCUT2D eigenvalue weighted by Crippen LogP contribution is -2.54. The predicted molar refractivity (Wildman–Crippen MR) is 122 cm³/mol. The molecule has 0 saturated carbocycles. The molecule has 2 aromatic rings. The highest BCUT2D eigenvalue weighted by atomic mass is 35.5. The van der Waals surface area contributed by atoms with E-state index in [4.69, 9.17) is 11.6 Å². The Bertz CT molecular complexity index is 781. The summed E-state index contributed by atoms with van der Waals surface area (Å²) in [6, 6.07) is 12.2. The number of amides is 2. The fraction of sp³-hybridized carbons (Fsp3) is 0.455. The number of carbonyl (C=O) groups excluding carboxylic acids is 2. The molecule has 1 aromatic heterocycles. The summed E-state index contributed by atoms with van der Waals surface area (Å²) < 4.78 is 0. The number of nitrogens with zero attached hydrogens (tertiary/aromatic N) is 1. The quantitative estimate of drug-likeness (QED) is 0.361. The van der Waals surface area contributed by atoms with Crippen molar-refractivity contribution < 1.29 is 9.59 Å². The van der Waals surface area contributed by atoms with Gasteiger partial charge in [0.05, 0.1) is 11.8 Å². The molecule has 0 spiro atoms. The first-order chi connectivity index (χ1) is 14.1. The Labute approximate surface area is 186 Å². The molecular formula is C22H27ClN2O2S2. The van der Waals surface area contributed by atoms with E-state index in [1.165, 1.54) is 10.4 Å². The van der Waals surface area contributed by atoms with Crippen LogP contribution in [0.4, 0.5) is 0 Å². The molecule has 1 atom stereocenters. The number of hydrogen-bond acceptors (Lipinski definition) is 4. The largest absolute Gasteiger partial charge is 0.355 e. The molecular weight excluding hydrogens is 424 g/mol. The van der Waals surface area contributed by atoms with Gasteiger partial charge in [-0.3, -0.25) is 9.59 Å². The van der Waals surface area contributed by atoms with E-state index in [0.717, 1.165) is 42.9 Å². The van der Waals surface area contributed by atoms with Gasteiger partial charge in [-0.05, 0) is 48.4 Å². The van der Waals surface area contributed by atoms with Crippen molar-refractivity contribution in [2.75, 3.05) is 13.1 Å². The van der Waals surface area contributed by atoms with Gasteiger partial charge >= 0.3 is 0 Å². The van der Waals surface area contributed by atoms with Crippen LogP contribution in [0.3, 0.4) is 0 Å². The van der Waals surface area contributed by atoms with Crippen LogP contribution in [0.15, 0.2) is 41.8 Å². The van der Waals surface area contributed by atoms with Crippen molar-refractivity contribution in [2.45, 2.75) is 49.7 Å². The number of carbonyl (C=O) groups is 2. The summed E-state index contributed by atoms with van der Waals surface area (Å²) in [4.78, 5) is 27.0. The minimum atomic E-state index is -0.0547. The highest BCUT2D eigenvalue weighted by Gasteiger charge is 2.37. The molecule has 1 aliphatic heterocycles. The monoisotopic (exact) mass is 450 g/mol. The van der Waals surface area contributed by atoms with Gasteiger partial charge in [0.15, 0.2) is 0 Å². The molecule has 2 heterocycles. The zero-order valence-corrected chi connectivity index (χ0v) is 18.8. The Hall–Kier alpha value is -1.50. The van der Waals surface area contributed by atoms with Crippen molar-refractivity contribution in [3.8, 4) is 0 Å². The summed E-state index contributed by atoms with van der Waals surface area (Å²) in [6.45, 7) is 0.853. The van der Waals surface area contributed by atoms with Crippen molar-refractivity contribution in [3.05, 3.63) is 57.2 Å². The lowest BCUT2D eigenvalue weighted by Gasteiger charge is -2.39. The number of unbranched alkanes of at least 4 members (excludes halogenated alkanes) is 3. The first-order valence-electron chi connectivity index (χ1n) is 10.1. The average molecular weight is 451 g/mol. The van der Waals surface area contributed by atoms with E-state index < -0.39 is 0 Å². The van der Waals surface area contributed by atoms with Crippen LogP contribution >= 0.6 is 34.7 Å². The Morgan fingerprint density at radius 1 is 1.17 bits per heavy atom. The molecule has 1 fully saturated rings. The van der Waals surface area contributed by atoms with Crippen molar-refractivity contribution in [1.82, 2.24) is 10.2 Å². The van der Waals surface area contributed by atoms with Gasteiger partial charge in [-0.25, -0.2) is 0 Å². The summed E-state index contributed by atoms with van der Waals surface area (Å²) >= 11 is 9.36. The summed E-state index contributed by atoms with van der Waals surface area (Å²) in [5, 5.41) is 5.92. The fourth-order valence-electron chi connectivity index (χ4n) is 3.23. The van der Waals surface area contributed by atoms with E-state index in [1.807, 2.05) is 18.2 Å². The second kappa shape index (κ2) is 11.6. The summed E-state index contributed by atoms with van der Waals surface area (Å²) in [5.41, 5.74) is 1.31. The molecule has 0 bridgehead atoms. The topological polar surface area (TPSA) is 49.4 Å². The number of likely N-dealkylation sites (tertiary alicyclic amines) is 1. The van der Waals surface area contributed by atoms with Crippen LogP contribution in [-0.4, -0.2) is 35.2 Å². The van der Waals surface area contributed by atoms with E-state index >= 15 is 0 Å². The average Bonchev–Trinajstić information content (AvgIpc) is 3.23. The molecule has 3 rings (SSSR count). The number of rotatable bonds is 12. The van der Waals surface area contributed by atoms with Crippen molar-refractivity contribution in [2.24, 2.45) is 0 Å².